The minimum absolute atomic E-state index is 0. The Kier molecular flexibility index (Phi) is 8.26. The standard InChI is InChI=1S/C12H18N2O5S.ClH/c1-13-6-7-14-20(16,17)11-5-4-9(12(15)19-3)8-10(11)18-2;/h4-5,8,13-14H,6-7H2,1-3H3;1H. The predicted octanol–water partition coefficient (Wildman–Crippen LogP) is 0.401. The van der Waals surface area contributed by atoms with Crippen LogP contribution in [0.5, 0.6) is 5.75 Å². The number of carbonyl (C=O) groups excluding carboxylic acids is 1. The Balaban J connectivity index is 0.00000400. The Bertz CT molecular complexity index is 577. The lowest BCUT2D eigenvalue weighted by molar-refractivity contribution is 0.0600. The summed E-state index contributed by atoms with van der Waals surface area (Å²) in [4.78, 5) is 11.4. The molecule has 1 aromatic rings. The molecule has 0 spiro atoms. The highest BCUT2D eigenvalue weighted by atomic mass is 35.5. The van der Waals surface area contributed by atoms with Gasteiger partial charge in [0.2, 0.25) is 10.0 Å². The third-order valence-electron chi connectivity index (χ3n) is 2.54. The van der Waals surface area contributed by atoms with E-state index in [1.165, 1.54) is 32.4 Å². The average Bonchev–Trinajstić information content (AvgIpc) is 2.45. The summed E-state index contributed by atoms with van der Waals surface area (Å²) in [5.41, 5.74) is 0.221. The number of ether oxygens (including phenoxy) is 2. The van der Waals surface area contributed by atoms with Gasteiger partial charge < -0.3 is 14.8 Å². The van der Waals surface area contributed by atoms with Crippen molar-refractivity contribution in [2.75, 3.05) is 34.4 Å². The quantitative estimate of drug-likeness (QED) is 0.552. The van der Waals surface area contributed by atoms with E-state index in [1.54, 1.807) is 7.05 Å². The normalized spacial score (nSPS) is 10.6. The first-order valence-corrected chi connectivity index (χ1v) is 7.35. The van der Waals surface area contributed by atoms with Crippen LogP contribution in [-0.4, -0.2) is 48.7 Å². The summed E-state index contributed by atoms with van der Waals surface area (Å²) in [6, 6.07) is 4.02. The Morgan fingerprint density at radius 3 is 2.43 bits per heavy atom. The molecule has 0 saturated carbocycles. The molecule has 7 nitrogen and oxygen atoms in total. The van der Waals surface area contributed by atoms with Crippen molar-refractivity contribution >= 4 is 28.4 Å². The van der Waals surface area contributed by atoms with Crippen LogP contribution in [0.3, 0.4) is 0 Å². The van der Waals surface area contributed by atoms with Crippen molar-refractivity contribution in [1.29, 1.82) is 0 Å². The first-order valence-electron chi connectivity index (χ1n) is 5.87. The first kappa shape index (κ1) is 19.7. The van der Waals surface area contributed by atoms with Gasteiger partial charge in [0.15, 0.2) is 0 Å². The Morgan fingerprint density at radius 2 is 1.90 bits per heavy atom. The molecular weight excluding hydrogens is 320 g/mol. The fourth-order valence-electron chi connectivity index (χ4n) is 1.52. The van der Waals surface area contributed by atoms with Crippen LogP contribution in [0, 0.1) is 0 Å². The number of carbonyl (C=O) groups is 1. The molecule has 1 rings (SSSR count). The number of halogens is 1. The average molecular weight is 339 g/mol. The van der Waals surface area contributed by atoms with Crippen LogP contribution < -0.4 is 14.8 Å². The van der Waals surface area contributed by atoms with Gasteiger partial charge in [-0.25, -0.2) is 17.9 Å². The highest BCUT2D eigenvalue weighted by molar-refractivity contribution is 7.89. The smallest absolute Gasteiger partial charge is 0.337 e. The molecular formula is C12H19ClN2O5S. The van der Waals surface area contributed by atoms with Gasteiger partial charge in [0.25, 0.3) is 0 Å². The van der Waals surface area contributed by atoms with Crippen molar-refractivity contribution in [2.45, 2.75) is 4.90 Å². The molecule has 0 atom stereocenters. The SMILES string of the molecule is CNCCNS(=O)(=O)c1ccc(C(=O)OC)cc1OC.Cl. The summed E-state index contributed by atoms with van der Waals surface area (Å²) >= 11 is 0. The number of nitrogens with one attached hydrogen (secondary N) is 2. The summed E-state index contributed by atoms with van der Waals surface area (Å²) in [7, 11) is 0.616. The van der Waals surface area contributed by atoms with Crippen molar-refractivity contribution < 1.29 is 22.7 Å². The molecule has 2 N–H and O–H groups in total. The second-order valence-electron chi connectivity index (χ2n) is 3.86. The summed E-state index contributed by atoms with van der Waals surface area (Å²) in [6.45, 7) is 0.753. The highest BCUT2D eigenvalue weighted by Crippen LogP contribution is 2.25. The zero-order valence-corrected chi connectivity index (χ0v) is 13.6. The maximum Gasteiger partial charge on any atom is 0.337 e. The lowest BCUT2D eigenvalue weighted by atomic mass is 10.2. The van der Waals surface area contributed by atoms with Gasteiger partial charge in [-0.15, -0.1) is 12.4 Å². The number of hydrogen-bond acceptors (Lipinski definition) is 6. The minimum Gasteiger partial charge on any atom is -0.495 e. The van der Waals surface area contributed by atoms with Crippen LogP contribution in [0.4, 0.5) is 0 Å². The number of esters is 1. The number of hydrogen-bond donors (Lipinski definition) is 2. The van der Waals surface area contributed by atoms with Crippen molar-refractivity contribution in [3.8, 4) is 5.75 Å². The highest BCUT2D eigenvalue weighted by Gasteiger charge is 2.20. The predicted molar refractivity (Wildman–Crippen MR) is 80.7 cm³/mol. The Hall–Kier alpha value is -1.35. The van der Waals surface area contributed by atoms with Crippen molar-refractivity contribution in [3.05, 3.63) is 23.8 Å². The molecule has 21 heavy (non-hydrogen) atoms. The number of likely N-dealkylation sites (N-methyl/N-ethyl adjacent to an activating group) is 1. The molecule has 0 heterocycles. The van der Waals surface area contributed by atoms with Gasteiger partial charge in [-0.2, -0.15) is 0 Å². The summed E-state index contributed by atoms with van der Waals surface area (Å²) in [6.07, 6.45) is 0. The summed E-state index contributed by atoms with van der Waals surface area (Å²) < 4.78 is 36.2. The van der Waals surface area contributed by atoms with Crippen LogP contribution in [0.2, 0.25) is 0 Å². The molecule has 120 valence electrons. The number of benzene rings is 1. The molecule has 1 aromatic carbocycles. The van der Waals surface area contributed by atoms with Crippen LogP contribution in [0.15, 0.2) is 23.1 Å². The van der Waals surface area contributed by atoms with Gasteiger partial charge in [-0.3, -0.25) is 0 Å². The minimum atomic E-state index is -3.69. The second kappa shape index (κ2) is 8.83. The molecule has 0 aliphatic carbocycles. The monoisotopic (exact) mass is 338 g/mol. The van der Waals surface area contributed by atoms with Crippen molar-refractivity contribution in [2.24, 2.45) is 0 Å². The lowest BCUT2D eigenvalue weighted by Crippen LogP contribution is -2.30. The van der Waals surface area contributed by atoms with E-state index < -0.39 is 16.0 Å². The van der Waals surface area contributed by atoms with Gasteiger partial charge in [-0.1, -0.05) is 0 Å². The van der Waals surface area contributed by atoms with E-state index in [0.29, 0.717) is 6.54 Å². The molecule has 0 fully saturated rings. The van der Waals surface area contributed by atoms with E-state index in [0.717, 1.165) is 0 Å². The number of methoxy groups -OCH3 is 2. The molecule has 0 aliphatic rings. The van der Waals surface area contributed by atoms with E-state index in [4.69, 9.17) is 4.74 Å². The fourth-order valence-corrected chi connectivity index (χ4v) is 2.70. The van der Waals surface area contributed by atoms with Gasteiger partial charge in [-0.05, 0) is 25.2 Å². The van der Waals surface area contributed by atoms with Gasteiger partial charge in [0, 0.05) is 13.1 Å². The molecule has 9 heteroatoms. The zero-order chi connectivity index (χ0) is 15.2. The Labute approximate surface area is 130 Å². The number of rotatable bonds is 7. The maximum absolute atomic E-state index is 12.1. The second-order valence-corrected chi connectivity index (χ2v) is 5.59. The van der Waals surface area contributed by atoms with Gasteiger partial charge in [0.05, 0.1) is 19.8 Å². The fraction of sp³-hybridized carbons (Fsp3) is 0.417. The van der Waals surface area contributed by atoms with Crippen molar-refractivity contribution in [1.82, 2.24) is 10.0 Å². The zero-order valence-electron chi connectivity index (χ0n) is 12.0. The molecule has 0 aliphatic heterocycles. The topological polar surface area (TPSA) is 93.7 Å². The Morgan fingerprint density at radius 1 is 1.24 bits per heavy atom. The molecule has 0 unspecified atom stereocenters. The van der Waals surface area contributed by atoms with Crippen LogP contribution in [0.1, 0.15) is 10.4 Å². The van der Waals surface area contributed by atoms with E-state index in [-0.39, 0.29) is 35.2 Å². The largest absolute Gasteiger partial charge is 0.495 e. The van der Waals surface area contributed by atoms with Crippen LogP contribution in [-0.2, 0) is 14.8 Å². The molecule has 0 aromatic heterocycles. The van der Waals surface area contributed by atoms with E-state index in [9.17, 15) is 13.2 Å². The van der Waals surface area contributed by atoms with Crippen LogP contribution in [0.25, 0.3) is 0 Å². The maximum atomic E-state index is 12.1. The molecule has 0 bridgehead atoms. The molecule has 0 saturated heterocycles. The lowest BCUT2D eigenvalue weighted by Gasteiger charge is -2.11. The third kappa shape index (κ3) is 5.16. The third-order valence-corrected chi connectivity index (χ3v) is 4.04. The van der Waals surface area contributed by atoms with Gasteiger partial charge >= 0.3 is 5.97 Å². The molecule has 0 radical (unpaired) electrons. The van der Waals surface area contributed by atoms with Gasteiger partial charge in [0.1, 0.15) is 10.6 Å². The van der Waals surface area contributed by atoms with Crippen LogP contribution >= 0.6 is 12.4 Å². The number of sulfonamides is 1. The first-order chi connectivity index (χ1) is 9.46. The van der Waals surface area contributed by atoms with E-state index in [1.807, 2.05) is 0 Å². The molecule has 0 amide bonds. The van der Waals surface area contributed by atoms with E-state index in [2.05, 4.69) is 14.8 Å². The van der Waals surface area contributed by atoms with E-state index >= 15 is 0 Å². The summed E-state index contributed by atoms with van der Waals surface area (Å²) in [5, 5.41) is 2.83. The van der Waals surface area contributed by atoms with Crippen molar-refractivity contribution in [3.63, 3.8) is 0 Å². The summed E-state index contributed by atoms with van der Waals surface area (Å²) in [5.74, 6) is -0.472.